The van der Waals surface area contributed by atoms with Crippen molar-refractivity contribution in [1.82, 2.24) is 10.2 Å². The predicted molar refractivity (Wildman–Crippen MR) is 93.6 cm³/mol. The van der Waals surface area contributed by atoms with Crippen molar-refractivity contribution < 1.29 is 14.3 Å². The highest BCUT2D eigenvalue weighted by atomic mass is 16.5. The number of anilines is 1. The molecule has 1 saturated heterocycles. The number of carbonyl (C=O) groups excluding carboxylic acids is 1. The molecule has 1 aliphatic heterocycles. The third-order valence-corrected chi connectivity index (χ3v) is 4.97. The van der Waals surface area contributed by atoms with E-state index in [-0.39, 0.29) is 11.6 Å². The van der Waals surface area contributed by atoms with Crippen LogP contribution >= 0.6 is 0 Å². The summed E-state index contributed by atoms with van der Waals surface area (Å²) in [5.74, 6) is 0.809. The number of morpholine rings is 1. The SMILES string of the molecule is CCOc1ccc(NC(=O)NCC2(N3CCOCC3)CCC2)cc1. The van der Waals surface area contributed by atoms with Gasteiger partial charge in [0.15, 0.2) is 0 Å². The van der Waals surface area contributed by atoms with Crippen LogP contribution in [0.4, 0.5) is 10.5 Å². The fraction of sp³-hybridized carbons (Fsp3) is 0.611. The molecule has 0 atom stereocenters. The van der Waals surface area contributed by atoms with Gasteiger partial charge in [-0.15, -0.1) is 0 Å². The van der Waals surface area contributed by atoms with Gasteiger partial charge in [-0.05, 0) is 50.5 Å². The zero-order valence-corrected chi connectivity index (χ0v) is 14.3. The van der Waals surface area contributed by atoms with E-state index < -0.39 is 0 Å². The van der Waals surface area contributed by atoms with Crippen LogP contribution in [0.5, 0.6) is 5.75 Å². The minimum Gasteiger partial charge on any atom is -0.494 e. The van der Waals surface area contributed by atoms with Gasteiger partial charge in [-0.3, -0.25) is 4.90 Å². The van der Waals surface area contributed by atoms with Gasteiger partial charge in [0.2, 0.25) is 0 Å². The van der Waals surface area contributed by atoms with Crippen LogP contribution < -0.4 is 15.4 Å². The minimum atomic E-state index is -0.154. The van der Waals surface area contributed by atoms with Gasteiger partial charge in [0.05, 0.1) is 19.8 Å². The standard InChI is InChI=1S/C18H27N3O3/c1-2-24-16-6-4-15(5-7-16)20-17(22)19-14-18(8-3-9-18)21-10-12-23-13-11-21/h4-7H,2-3,8-14H2,1H3,(H2,19,20,22). The fourth-order valence-corrected chi connectivity index (χ4v) is 3.45. The molecule has 0 radical (unpaired) electrons. The monoisotopic (exact) mass is 333 g/mol. The zero-order chi connectivity index (χ0) is 16.8. The lowest BCUT2D eigenvalue weighted by atomic mass is 9.75. The summed E-state index contributed by atoms with van der Waals surface area (Å²) < 4.78 is 10.8. The third kappa shape index (κ3) is 3.99. The Morgan fingerprint density at radius 1 is 1.25 bits per heavy atom. The van der Waals surface area contributed by atoms with E-state index >= 15 is 0 Å². The smallest absolute Gasteiger partial charge is 0.319 e. The molecule has 6 nitrogen and oxygen atoms in total. The Hall–Kier alpha value is -1.79. The molecule has 1 heterocycles. The molecule has 0 spiro atoms. The number of hydrogen-bond acceptors (Lipinski definition) is 4. The van der Waals surface area contributed by atoms with Gasteiger partial charge in [0.25, 0.3) is 0 Å². The number of ether oxygens (including phenoxy) is 2. The van der Waals surface area contributed by atoms with Crippen LogP contribution in [-0.2, 0) is 4.74 Å². The Labute approximate surface area is 143 Å². The lowest BCUT2D eigenvalue weighted by Crippen LogP contribution is -2.62. The average molecular weight is 333 g/mol. The zero-order valence-electron chi connectivity index (χ0n) is 14.3. The van der Waals surface area contributed by atoms with E-state index in [1.54, 1.807) is 0 Å². The van der Waals surface area contributed by atoms with Gasteiger partial charge < -0.3 is 20.1 Å². The maximum Gasteiger partial charge on any atom is 0.319 e. The molecular formula is C18H27N3O3. The number of nitrogens with one attached hydrogen (secondary N) is 2. The van der Waals surface area contributed by atoms with Crippen molar-refractivity contribution in [1.29, 1.82) is 0 Å². The van der Waals surface area contributed by atoms with E-state index in [1.165, 1.54) is 6.42 Å². The van der Waals surface area contributed by atoms with Gasteiger partial charge in [-0.1, -0.05) is 0 Å². The van der Waals surface area contributed by atoms with E-state index in [1.807, 2.05) is 31.2 Å². The van der Waals surface area contributed by atoms with Crippen molar-refractivity contribution >= 4 is 11.7 Å². The van der Waals surface area contributed by atoms with Crippen molar-refractivity contribution in [3.05, 3.63) is 24.3 Å². The van der Waals surface area contributed by atoms with Crippen molar-refractivity contribution in [2.24, 2.45) is 0 Å². The Morgan fingerprint density at radius 3 is 2.54 bits per heavy atom. The first-order valence-electron chi connectivity index (χ1n) is 8.82. The molecule has 3 rings (SSSR count). The summed E-state index contributed by atoms with van der Waals surface area (Å²) >= 11 is 0. The first kappa shape index (κ1) is 17.0. The molecule has 1 aromatic carbocycles. The van der Waals surface area contributed by atoms with Crippen LogP contribution in [0.15, 0.2) is 24.3 Å². The summed E-state index contributed by atoms with van der Waals surface area (Å²) in [4.78, 5) is 14.7. The molecule has 24 heavy (non-hydrogen) atoms. The molecule has 2 fully saturated rings. The molecule has 2 N–H and O–H groups in total. The Kier molecular flexibility index (Phi) is 5.58. The number of carbonyl (C=O) groups is 1. The molecule has 1 aromatic rings. The second-order valence-corrected chi connectivity index (χ2v) is 6.44. The fourth-order valence-electron chi connectivity index (χ4n) is 3.45. The lowest BCUT2D eigenvalue weighted by molar-refractivity contribution is -0.0535. The molecule has 1 aliphatic carbocycles. The molecule has 2 amide bonds. The summed E-state index contributed by atoms with van der Waals surface area (Å²) in [5, 5.41) is 5.93. The summed E-state index contributed by atoms with van der Waals surface area (Å²) in [7, 11) is 0. The highest BCUT2D eigenvalue weighted by Gasteiger charge is 2.42. The maximum atomic E-state index is 12.2. The Bertz CT molecular complexity index is 537. The Morgan fingerprint density at radius 2 is 1.96 bits per heavy atom. The summed E-state index contributed by atoms with van der Waals surface area (Å²) in [6.07, 6.45) is 3.53. The highest BCUT2D eigenvalue weighted by molar-refractivity contribution is 5.89. The summed E-state index contributed by atoms with van der Waals surface area (Å²) in [5.41, 5.74) is 0.893. The van der Waals surface area contributed by atoms with E-state index in [2.05, 4.69) is 15.5 Å². The highest BCUT2D eigenvalue weighted by Crippen LogP contribution is 2.37. The molecule has 2 aliphatic rings. The topological polar surface area (TPSA) is 62.8 Å². The number of benzene rings is 1. The van der Waals surface area contributed by atoms with Crippen molar-refractivity contribution in [2.75, 3.05) is 44.8 Å². The number of nitrogens with zero attached hydrogens (tertiary/aromatic N) is 1. The van der Waals surface area contributed by atoms with E-state index in [0.717, 1.165) is 50.6 Å². The summed E-state index contributed by atoms with van der Waals surface area (Å²) in [6, 6.07) is 7.27. The van der Waals surface area contributed by atoms with Crippen molar-refractivity contribution in [2.45, 2.75) is 31.7 Å². The molecular weight excluding hydrogens is 306 g/mol. The molecule has 0 aromatic heterocycles. The molecule has 0 bridgehead atoms. The second kappa shape index (κ2) is 7.85. The van der Waals surface area contributed by atoms with Crippen LogP contribution in [0.25, 0.3) is 0 Å². The Balaban J connectivity index is 1.49. The van der Waals surface area contributed by atoms with Gasteiger partial charge in [-0.25, -0.2) is 4.79 Å². The second-order valence-electron chi connectivity index (χ2n) is 6.44. The van der Waals surface area contributed by atoms with Crippen LogP contribution in [0.3, 0.4) is 0 Å². The van der Waals surface area contributed by atoms with Crippen molar-refractivity contribution in [3.8, 4) is 5.75 Å². The van der Waals surface area contributed by atoms with E-state index in [0.29, 0.717) is 13.2 Å². The summed E-state index contributed by atoms with van der Waals surface area (Å²) in [6.45, 7) is 6.78. The van der Waals surface area contributed by atoms with Crippen LogP contribution in [0.1, 0.15) is 26.2 Å². The number of rotatable bonds is 6. The lowest BCUT2D eigenvalue weighted by Gasteiger charge is -2.51. The van der Waals surface area contributed by atoms with Gasteiger partial charge in [0, 0.05) is 30.9 Å². The third-order valence-electron chi connectivity index (χ3n) is 4.97. The quantitative estimate of drug-likeness (QED) is 0.839. The van der Waals surface area contributed by atoms with E-state index in [4.69, 9.17) is 9.47 Å². The number of hydrogen-bond donors (Lipinski definition) is 2. The van der Waals surface area contributed by atoms with Gasteiger partial charge >= 0.3 is 6.03 Å². The predicted octanol–water partition coefficient (Wildman–Crippen LogP) is 2.46. The number of urea groups is 1. The first-order chi connectivity index (χ1) is 11.7. The average Bonchev–Trinajstić information content (AvgIpc) is 2.57. The van der Waals surface area contributed by atoms with Crippen LogP contribution in [-0.4, -0.2) is 55.9 Å². The molecule has 6 heteroatoms. The van der Waals surface area contributed by atoms with Gasteiger partial charge in [0.1, 0.15) is 5.75 Å². The number of amides is 2. The largest absolute Gasteiger partial charge is 0.494 e. The van der Waals surface area contributed by atoms with Gasteiger partial charge in [-0.2, -0.15) is 0 Å². The molecule has 1 saturated carbocycles. The minimum absolute atomic E-state index is 0.125. The normalized spacial score (nSPS) is 20.0. The molecule has 0 unspecified atom stereocenters. The van der Waals surface area contributed by atoms with Crippen LogP contribution in [0.2, 0.25) is 0 Å². The first-order valence-corrected chi connectivity index (χ1v) is 8.82. The molecule has 132 valence electrons. The van der Waals surface area contributed by atoms with Crippen molar-refractivity contribution in [3.63, 3.8) is 0 Å². The van der Waals surface area contributed by atoms with Crippen LogP contribution in [0, 0.1) is 0 Å². The maximum absolute atomic E-state index is 12.2. The van der Waals surface area contributed by atoms with E-state index in [9.17, 15) is 4.79 Å².